The summed E-state index contributed by atoms with van der Waals surface area (Å²) in [6, 6.07) is 2.85. The van der Waals surface area contributed by atoms with E-state index in [9.17, 15) is 14.0 Å². The van der Waals surface area contributed by atoms with Crippen LogP contribution in [0.25, 0.3) is 0 Å². The first-order valence-corrected chi connectivity index (χ1v) is 3.67. The molecule has 0 amide bonds. The summed E-state index contributed by atoms with van der Waals surface area (Å²) in [5, 5.41) is 8.66. The van der Waals surface area contributed by atoms with Gasteiger partial charge in [-0.05, 0) is 18.2 Å². The number of hydrogen-bond donors (Lipinski definition) is 1. The number of carboxylic acids is 1. The maximum atomic E-state index is 12.7. The van der Waals surface area contributed by atoms with E-state index >= 15 is 0 Å². The molecule has 0 aliphatic heterocycles. The number of carboxylic acid groups (broad SMARTS) is 1. The lowest BCUT2D eigenvalue weighted by atomic mass is 10.1. The maximum absolute atomic E-state index is 12.7. The Morgan fingerprint density at radius 1 is 1.36 bits per heavy atom. The molecule has 0 fully saturated rings. The van der Waals surface area contributed by atoms with Crippen molar-refractivity contribution in [2.45, 2.75) is 0 Å². The number of methoxy groups -OCH3 is 1. The first-order valence-electron chi connectivity index (χ1n) is 3.67. The number of ether oxygens (including phenoxy) is 1. The molecule has 4 nitrogen and oxygen atoms in total. The summed E-state index contributed by atoms with van der Waals surface area (Å²) < 4.78 is 17.0. The van der Waals surface area contributed by atoms with Gasteiger partial charge in [-0.2, -0.15) is 0 Å². The zero-order valence-corrected chi connectivity index (χ0v) is 7.28. The van der Waals surface area contributed by atoms with Crippen molar-refractivity contribution < 1.29 is 23.8 Å². The van der Waals surface area contributed by atoms with E-state index in [4.69, 9.17) is 5.11 Å². The van der Waals surface area contributed by atoms with Crippen molar-refractivity contribution in [1.29, 1.82) is 0 Å². The Balaban J connectivity index is 3.28. The minimum Gasteiger partial charge on any atom is -0.478 e. The van der Waals surface area contributed by atoms with Crippen LogP contribution in [0.15, 0.2) is 18.2 Å². The number of benzene rings is 1. The molecule has 1 rings (SSSR count). The van der Waals surface area contributed by atoms with Crippen LogP contribution in [0.4, 0.5) is 4.39 Å². The average molecular weight is 198 g/mol. The van der Waals surface area contributed by atoms with Crippen LogP contribution in [0.3, 0.4) is 0 Å². The van der Waals surface area contributed by atoms with Crippen molar-refractivity contribution in [2.24, 2.45) is 0 Å². The second kappa shape index (κ2) is 3.87. The van der Waals surface area contributed by atoms with Crippen molar-refractivity contribution in [2.75, 3.05) is 7.11 Å². The molecule has 0 radical (unpaired) electrons. The van der Waals surface area contributed by atoms with E-state index in [0.717, 1.165) is 25.3 Å². The van der Waals surface area contributed by atoms with E-state index in [1.165, 1.54) is 0 Å². The van der Waals surface area contributed by atoms with E-state index in [1.54, 1.807) is 0 Å². The molecule has 1 aromatic rings. The third-order valence-corrected chi connectivity index (χ3v) is 1.62. The van der Waals surface area contributed by atoms with Gasteiger partial charge in [0.15, 0.2) is 0 Å². The smallest absolute Gasteiger partial charge is 0.338 e. The molecule has 0 bridgehead atoms. The largest absolute Gasteiger partial charge is 0.478 e. The number of rotatable bonds is 2. The fraction of sp³-hybridized carbons (Fsp3) is 0.111. The van der Waals surface area contributed by atoms with E-state index in [2.05, 4.69) is 4.74 Å². The highest BCUT2D eigenvalue weighted by Crippen LogP contribution is 2.12. The molecule has 0 saturated carbocycles. The summed E-state index contributed by atoms with van der Waals surface area (Å²) in [4.78, 5) is 21.7. The van der Waals surface area contributed by atoms with E-state index in [0.29, 0.717) is 0 Å². The average Bonchev–Trinajstić information content (AvgIpc) is 2.16. The van der Waals surface area contributed by atoms with Gasteiger partial charge in [0.2, 0.25) is 0 Å². The summed E-state index contributed by atoms with van der Waals surface area (Å²) in [6.45, 7) is 0. The van der Waals surface area contributed by atoms with Crippen LogP contribution >= 0.6 is 0 Å². The van der Waals surface area contributed by atoms with E-state index in [1.807, 2.05) is 0 Å². The number of aromatic carboxylic acids is 1. The van der Waals surface area contributed by atoms with Crippen LogP contribution in [0.2, 0.25) is 0 Å². The lowest BCUT2D eigenvalue weighted by Crippen LogP contribution is -2.10. The molecule has 1 N–H and O–H groups in total. The third kappa shape index (κ3) is 1.87. The molecular weight excluding hydrogens is 191 g/mol. The lowest BCUT2D eigenvalue weighted by molar-refractivity contribution is 0.0582. The maximum Gasteiger partial charge on any atom is 0.338 e. The van der Waals surface area contributed by atoms with Gasteiger partial charge in [0.25, 0.3) is 0 Å². The minimum atomic E-state index is -1.37. The number of carbonyl (C=O) groups excluding carboxylic acids is 1. The predicted molar refractivity (Wildman–Crippen MR) is 44.7 cm³/mol. The molecule has 0 unspecified atom stereocenters. The molecule has 0 aliphatic carbocycles. The van der Waals surface area contributed by atoms with Crippen molar-refractivity contribution in [1.82, 2.24) is 0 Å². The fourth-order valence-electron chi connectivity index (χ4n) is 0.981. The third-order valence-electron chi connectivity index (χ3n) is 1.62. The van der Waals surface area contributed by atoms with Crippen LogP contribution in [-0.4, -0.2) is 24.2 Å². The Bertz CT molecular complexity index is 386. The van der Waals surface area contributed by atoms with Crippen LogP contribution in [0, 0.1) is 5.82 Å². The van der Waals surface area contributed by atoms with Crippen molar-refractivity contribution >= 4 is 11.9 Å². The molecule has 0 aromatic heterocycles. The van der Waals surface area contributed by atoms with Crippen LogP contribution in [0.1, 0.15) is 20.7 Å². The summed E-state index contributed by atoms with van der Waals surface area (Å²) in [7, 11) is 1.12. The molecule has 0 heterocycles. The van der Waals surface area contributed by atoms with Gasteiger partial charge in [-0.3, -0.25) is 0 Å². The Morgan fingerprint density at radius 3 is 2.50 bits per heavy atom. The second-order valence-electron chi connectivity index (χ2n) is 2.49. The predicted octanol–water partition coefficient (Wildman–Crippen LogP) is 1.31. The van der Waals surface area contributed by atoms with Gasteiger partial charge in [-0.15, -0.1) is 0 Å². The standard InChI is InChI=1S/C9H7FO4/c1-14-9(13)6-3-2-5(10)4-7(6)8(11)12/h2-4H,1H3,(H,11,12). The second-order valence-corrected chi connectivity index (χ2v) is 2.49. The van der Waals surface area contributed by atoms with Crippen LogP contribution in [-0.2, 0) is 4.74 Å². The molecule has 0 saturated heterocycles. The monoisotopic (exact) mass is 198 g/mol. The number of esters is 1. The Kier molecular flexibility index (Phi) is 2.81. The summed E-state index contributed by atoms with van der Waals surface area (Å²) in [6.07, 6.45) is 0. The zero-order chi connectivity index (χ0) is 10.7. The molecule has 74 valence electrons. The number of hydrogen-bond acceptors (Lipinski definition) is 3. The molecule has 0 aliphatic rings. The zero-order valence-electron chi connectivity index (χ0n) is 7.28. The van der Waals surface area contributed by atoms with Gasteiger partial charge in [0.1, 0.15) is 5.82 Å². The minimum absolute atomic E-state index is 0.165. The van der Waals surface area contributed by atoms with Gasteiger partial charge in [0.05, 0.1) is 18.2 Å². The quantitative estimate of drug-likeness (QED) is 0.727. The van der Waals surface area contributed by atoms with Crippen molar-refractivity contribution in [3.8, 4) is 0 Å². The molecule has 1 aromatic carbocycles. The van der Waals surface area contributed by atoms with E-state index < -0.39 is 23.3 Å². The van der Waals surface area contributed by atoms with Gasteiger partial charge >= 0.3 is 11.9 Å². The normalized spacial score (nSPS) is 9.57. The molecule has 0 atom stereocenters. The molecule has 0 spiro atoms. The Labute approximate surface area is 78.9 Å². The van der Waals surface area contributed by atoms with Crippen molar-refractivity contribution in [3.63, 3.8) is 0 Å². The highest BCUT2D eigenvalue weighted by Gasteiger charge is 2.17. The van der Waals surface area contributed by atoms with Crippen LogP contribution in [0.5, 0.6) is 0 Å². The van der Waals surface area contributed by atoms with Crippen molar-refractivity contribution in [3.05, 3.63) is 35.1 Å². The molecule has 14 heavy (non-hydrogen) atoms. The van der Waals surface area contributed by atoms with Gasteiger partial charge in [-0.25, -0.2) is 14.0 Å². The Hall–Kier alpha value is -1.91. The lowest BCUT2D eigenvalue weighted by Gasteiger charge is -2.03. The van der Waals surface area contributed by atoms with E-state index in [-0.39, 0.29) is 5.56 Å². The highest BCUT2D eigenvalue weighted by molar-refractivity contribution is 6.02. The number of halogens is 1. The van der Waals surface area contributed by atoms with Gasteiger partial charge < -0.3 is 9.84 Å². The molecule has 5 heteroatoms. The summed E-state index contributed by atoms with van der Waals surface area (Å²) >= 11 is 0. The summed E-state index contributed by atoms with van der Waals surface area (Å²) in [5.41, 5.74) is -0.571. The van der Waals surface area contributed by atoms with Gasteiger partial charge in [-0.1, -0.05) is 0 Å². The van der Waals surface area contributed by atoms with Gasteiger partial charge in [0, 0.05) is 0 Å². The first kappa shape index (κ1) is 10.2. The summed E-state index contributed by atoms with van der Waals surface area (Å²) in [5.74, 6) is -2.89. The number of carbonyl (C=O) groups is 2. The fourth-order valence-corrected chi connectivity index (χ4v) is 0.981. The molecular formula is C9H7FO4. The topological polar surface area (TPSA) is 63.6 Å². The Morgan fingerprint density at radius 2 is 2.00 bits per heavy atom. The SMILES string of the molecule is COC(=O)c1ccc(F)cc1C(=O)O. The first-order chi connectivity index (χ1) is 6.56. The highest BCUT2D eigenvalue weighted by atomic mass is 19.1. The van der Waals surface area contributed by atoms with Crippen LogP contribution < -0.4 is 0 Å².